The van der Waals surface area contributed by atoms with Crippen molar-refractivity contribution in [3.05, 3.63) is 88.0 Å². The van der Waals surface area contributed by atoms with Crippen molar-refractivity contribution in [1.82, 2.24) is 4.90 Å². The third-order valence-electron chi connectivity index (χ3n) is 23.4. The van der Waals surface area contributed by atoms with E-state index < -0.39 is 72.1 Å². The Morgan fingerprint density at radius 2 is 0.920 bits per heavy atom. The van der Waals surface area contributed by atoms with Crippen molar-refractivity contribution >= 4 is 60.4 Å². The Bertz CT molecular complexity index is 3380. The lowest BCUT2D eigenvalue weighted by molar-refractivity contribution is -0.959. The number of piperidine rings is 3. The van der Waals surface area contributed by atoms with E-state index in [1.165, 1.54) is 111 Å². The number of aliphatic carboxylic acids is 1. The van der Waals surface area contributed by atoms with Crippen LogP contribution in [0.3, 0.4) is 0 Å². The molecule has 3 saturated carbocycles. The van der Waals surface area contributed by atoms with Crippen molar-refractivity contribution in [2.45, 2.75) is 223 Å². The maximum absolute atomic E-state index is 12.4. The summed E-state index contributed by atoms with van der Waals surface area (Å²) < 4.78 is 41.8. The minimum Gasteiger partial charge on any atom is -0.508 e. The number of ether oxygens (including phenoxy) is 8. The predicted octanol–water partition coefficient (Wildman–Crippen LogP) is 12.6. The zero-order valence-electron chi connectivity index (χ0n) is 60.7. The number of alkyl halides is 1. The number of hydrogen-bond donors (Lipinski definition) is 5. The Balaban J connectivity index is 0.000000176. The van der Waals surface area contributed by atoms with E-state index in [2.05, 4.69) is 53.7 Å². The van der Waals surface area contributed by atoms with Crippen LogP contribution in [0.4, 0.5) is 14.4 Å². The molecular formula is C76H112Cl2N4O18+2. The minimum atomic E-state index is -1.26. The molecule has 6 bridgehead atoms. The molecule has 6 N–H and O–H groups in total. The van der Waals surface area contributed by atoms with Gasteiger partial charge in [-0.25, -0.2) is 14.4 Å². The summed E-state index contributed by atoms with van der Waals surface area (Å²) in [6.45, 7) is 16.9. The molecule has 0 aromatic heterocycles. The molecule has 5 unspecified atom stereocenters. The number of phenolic OH excluding ortho intramolecular Hbond substituents is 3. The maximum atomic E-state index is 12.4. The normalized spacial score (nSPS) is 29.6. The summed E-state index contributed by atoms with van der Waals surface area (Å²) in [6.07, 6.45) is 18.7. The first kappa shape index (κ1) is 79.4. The van der Waals surface area contributed by atoms with Gasteiger partial charge in [0, 0.05) is 59.8 Å². The SMILES string of the molecule is CC(COC(=O)OCCl)C(=O)OC(C)(C)C.CC(COC(=O)OC[N+]1(C)CC[C@@]23CCCC[C@@H]2[C@@H]1Cc1ccc(O)cc13)C(=O)OC(C)(C)C.CN1CC[C@@]23CCCC[C@@H]2[C@@H]1Cc1ccc(O)cc13.C[N+]1(COC(=O)OCC(N)C(=O)O)CC[C@@]23CCCC[C@@H]2[C@@H]1Cc1ccc(O)cc13.Cl. The smallest absolute Gasteiger partial charge is 0.508 e. The zero-order chi connectivity index (χ0) is 72.0. The van der Waals surface area contributed by atoms with Gasteiger partial charge in [0.2, 0.25) is 13.5 Å². The summed E-state index contributed by atoms with van der Waals surface area (Å²) in [6, 6.07) is 17.6. The highest BCUT2D eigenvalue weighted by Crippen LogP contribution is 2.60. The number of carboxylic acids is 1. The summed E-state index contributed by atoms with van der Waals surface area (Å²) in [5.74, 6) is -0.183. The quantitative estimate of drug-likeness (QED) is 0.0434. The number of fused-ring (bicyclic) bond motifs is 3. The van der Waals surface area contributed by atoms with E-state index in [0.29, 0.717) is 55.5 Å². The van der Waals surface area contributed by atoms with E-state index in [4.69, 9.17) is 50.9 Å². The molecule has 3 heterocycles. The molecule has 22 nitrogen and oxygen atoms in total. The zero-order valence-corrected chi connectivity index (χ0v) is 62.3. The molecule has 556 valence electrons. The second kappa shape index (κ2) is 32.6. The number of carbonyl (C=O) groups is 6. The first-order valence-electron chi connectivity index (χ1n) is 35.9. The summed E-state index contributed by atoms with van der Waals surface area (Å²) in [5, 5.41) is 39.0. The number of rotatable bonds is 14. The molecule has 12 rings (SSSR count). The largest absolute Gasteiger partial charge is 0.512 e. The van der Waals surface area contributed by atoms with Gasteiger partial charge in [-0.2, -0.15) is 0 Å². The summed E-state index contributed by atoms with van der Waals surface area (Å²) in [7, 11) is 6.62. The molecule has 0 amide bonds. The number of hydrogen-bond acceptors (Lipinski definition) is 19. The Hall–Kier alpha value is -6.30. The van der Waals surface area contributed by atoms with E-state index in [0.717, 1.165) is 70.0 Å². The number of aromatic hydroxyl groups is 3. The fourth-order valence-corrected chi connectivity index (χ4v) is 18.6. The van der Waals surface area contributed by atoms with Crippen LogP contribution in [0.25, 0.3) is 0 Å². The average molecular weight is 1440 g/mol. The molecular weight excluding hydrogens is 1330 g/mol. The van der Waals surface area contributed by atoms with Gasteiger partial charge in [0.15, 0.2) is 6.07 Å². The van der Waals surface area contributed by atoms with Crippen molar-refractivity contribution in [1.29, 1.82) is 0 Å². The molecule has 6 fully saturated rings. The van der Waals surface area contributed by atoms with Gasteiger partial charge in [-0.15, -0.1) is 12.4 Å². The van der Waals surface area contributed by atoms with Crippen LogP contribution in [0.2, 0.25) is 0 Å². The molecule has 6 aliphatic carbocycles. The van der Waals surface area contributed by atoms with E-state index in [-0.39, 0.29) is 56.0 Å². The molecule has 24 heteroatoms. The van der Waals surface area contributed by atoms with Gasteiger partial charge in [-0.05, 0) is 196 Å². The lowest BCUT2D eigenvalue weighted by Crippen LogP contribution is -2.69. The second-order valence-electron chi connectivity index (χ2n) is 32.3. The van der Waals surface area contributed by atoms with Crippen LogP contribution in [0.1, 0.15) is 185 Å². The first-order chi connectivity index (χ1) is 46.6. The van der Waals surface area contributed by atoms with Gasteiger partial charge in [0.1, 0.15) is 54.3 Å². The van der Waals surface area contributed by atoms with Gasteiger partial charge < -0.3 is 69.0 Å². The molecule has 14 atom stereocenters. The molecule has 9 aliphatic rings. The lowest BCUT2D eigenvalue weighted by atomic mass is 9.52. The highest BCUT2D eigenvalue weighted by Gasteiger charge is 2.61. The minimum absolute atomic E-state index is 0. The molecule has 3 aliphatic heterocycles. The number of halogens is 2. The van der Waals surface area contributed by atoms with Crippen LogP contribution in [-0.2, 0) is 87.8 Å². The molecule has 3 aromatic rings. The fourth-order valence-electron chi connectivity index (χ4n) is 18.5. The van der Waals surface area contributed by atoms with Crippen molar-refractivity contribution in [3.8, 4) is 17.2 Å². The Kier molecular flexibility index (Phi) is 25.9. The number of nitrogens with two attached hydrogens (primary N) is 1. The van der Waals surface area contributed by atoms with Crippen molar-refractivity contribution < 1.29 is 96.1 Å². The Morgan fingerprint density at radius 1 is 0.550 bits per heavy atom. The third-order valence-corrected chi connectivity index (χ3v) is 23.5. The molecule has 0 spiro atoms. The van der Waals surface area contributed by atoms with Crippen LogP contribution in [0.5, 0.6) is 17.2 Å². The molecule has 3 aromatic carbocycles. The average Bonchev–Trinajstić information content (AvgIpc) is 0.721. The number of nitrogens with zero attached hydrogens (tertiary/aromatic N) is 3. The number of phenols is 3. The highest BCUT2D eigenvalue weighted by molar-refractivity contribution is 6.17. The van der Waals surface area contributed by atoms with Crippen molar-refractivity contribution in [2.75, 3.05) is 80.1 Å². The van der Waals surface area contributed by atoms with Crippen LogP contribution < -0.4 is 5.73 Å². The van der Waals surface area contributed by atoms with E-state index >= 15 is 0 Å². The van der Waals surface area contributed by atoms with Crippen LogP contribution >= 0.6 is 24.0 Å². The third kappa shape index (κ3) is 18.0. The lowest BCUT2D eigenvalue weighted by Gasteiger charge is -2.60. The first-order valence-corrected chi connectivity index (χ1v) is 36.4. The van der Waals surface area contributed by atoms with E-state index in [9.17, 15) is 44.1 Å². The number of likely N-dealkylation sites (tertiary alicyclic amines) is 3. The van der Waals surface area contributed by atoms with Gasteiger partial charge in [-0.3, -0.25) is 23.3 Å². The van der Waals surface area contributed by atoms with Gasteiger partial charge >= 0.3 is 36.4 Å². The predicted molar refractivity (Wildman–Crippen MR) is 377 cm³/mol. The molecule has 0 radical (unpaired) electrons. The maximum Gasteiger partial charge on any atom is 0.512 e. The molecule has 3 saturated heterocycles. The monoisotopic (exact) mass is 1440 g/mol. The van der Waals surface area contributed by atoms with E-state index in [1.807, 2.05) is 45.0 Å². The van der Waals surface area contributed by atoms with Gasteiger partial charge in [0.25, 0.3) is 0 Å². The Labute approximate surface area is 601 Å². The van der Waals surface area contributed by atoms with Crippen LogP contribution in [-0.4, -0.2) is 186 Å². The number of quaternary nitrogens is 2. The fraction of sp³-hybridized carbons (Fsp3) is 0.684. The second-order valence-corrected chi connectivity index (χ2v) is 32.5. The topological polar surface area (TPSA) is 286 Å². The van der Waals surface area contributed by atoms with E-state index in [1.54, 1.807) is 46.8 Å². The van der Waals surface area contributed by atoms with Crippen molar-refractivity contribution in [2.24, 2.45) is 35.3 Å². The molecule has 100 heavy (non-hydrogen) atoms. The summed E-state index contributed by atoms with van der Waals surface area (Å²) in [5.41, 5.74) is 13.1. The highest BCUT2D eigenvalue weighted by atomic mass is 35.5. The van der Waals surface area contributed by atoms with Crippen LogP contribution in [0.15, 0.2) is 54.6 Å². The van der Waals surface area contributed by atoms with Gasteiger partial charge in [0.05, 0.1) is 51.1 Å². The van der Waals surface area contributed by atoms with Gasteiger partial charge in [-0.1, -0.05) is 68.3 Å². The summed E-state index contributed by atoms with van der Waals surface area (Å²) in [4.78, 5) is 72.1. The standard InChI is InChI=1S/C27H39NO6.C22H30N2O6.C17H23NO.C10H17ClO5.ClH/c1-18(24(30)34-26(2,3)4)16-32-25(31)33-17-28(5)13-12-27-11-7-6-8-21(27)23(28)14-19-9-10-20(29)15-22(19)27;1-24(13-30-21(28)29-12-18(23)20(26)27)9-8-22-7-3-2-4-16(22)19(24)10-14-5-6-15(25)11-17(14)22;1-18-9-8-17-7-3-2-4-14(17)16(18)10-12-5-6-13(19)11-15(12)17;1-7(5-14-9(13)15-6-11)8(12)16-10(2,3)4;/h9-10,15,18,21,23H,6-8,11-14,16-17H2,1-5H3;5-6,11,16,18-19H,2-4,7-10,12-13,23H2,1H3,(H-,25,26,27);5-6,11,14,16,19H,2-4,7-10H2,1H3;7H,5-6H2,1-4H3;1H/p+2/t18?,21-,23+,27+,28?;16-,18?,19+,22+,24?;14-,16+,17+;;/m111../s1. The van der Waals surface area contributed by atoms with Crippen molar-refractivity contribution in [3.63, 3.8) is 0 Å². The number of likely N-dealkylation sites (N-methyl/N-ethyl adjacent to an activating group) is 3. The summed E-state index contributed by atoms with van der Waals surface area (Å²) >= 11 is 5.15. The Morgan fingerprint density at radius 3 is 1.31 bits per heavy atom. The number of carboxylic acid groups (broad SMARTS) is 1. The number of carbonyl (C=O) groups excluding carboxylic acids is 5. The number of esters is 2. The number of benzene rings is 3. The van der Waals surface area contributed by atoms with Crippen LogP contribution in [0, 0.1) is 29.6 Å².